The summed E-state index contributed by atoms with van der Waals surface area (Å²) in [5, 5.41) is 0. The Labute approximate surface area is 467 Å². The van der Waals surface area contributed by atoms with Crippen LogP contribution in [0.1, 0.15) is 44.5 Å². The van der Waals surface area contributed by atoms with Crippen LogP contribution in [0.4, 0.5) is 0 Å². The van der Waals surface area contributed by atoms with Gasteiger partial charge in [-0.3, -0.25) is 54.3 Å². The number of phosphoric ester groups is 4. The molecule has 0 heterocycles. The van der Waals surface area contributed by atoms with E-state index in [1.54, 1.807) is 194 Å². The Kier molecular flexibility index (Phi) is 23.7. The van der Waals surface area contributed by atoms with Crippen molar-refractivity contribution < 1.29 is 72.5 Å². The molecule has 0 aliphatic carbocycles. The third-order valence-corrected chi connectivity index (χ3v) is 17.1. The van der Waals surface area contributed by atoms with E-state index in [2.05, 4.69) is 0 Å². The standard InChI is InChI=1S/C60H62O16P4/c61-77(65-41-51-25-9-1-10-26-51,66-42-52-27-11-2-12-28-52)73-49-59(75-79(63,69-45-55-33-17-5-18-34-55)70-46-56-35-19-6-20-36-56)60(76-80(64,71-47-57-37-21-7-22-38-57)72-48-58-39-23-8-24-40-58)50-74-78(62,67-43-53-29-13-3-14-30-53)68-44-54-31-15-4-16-32-54/h1-40,59-60H,41-50H2/t59-,60+. The summed E-state index contributed by atoms with van der Waals surface area (Å²) in [6, 6.07) is 71.1. The van der Waals surface area contributed by atoms with E-state index in [1.165, 1.54) is 0 Å². The first-order chi connectivity index (χ1) is 39.0. The highest BCUT2D eigenvalue weighted by atomic mass is 31.2. The molecule has 8 aromatic carbocycles. The lowest BCUT2D eigenvalue weighted by Gasteiger charge is -2.32. The molecule has 80 heavy (non-hydrogen) atoms. The van der Waals surface area contributed by atoms with Gasteiger partial charge in [0.2, 0.25) is 0 Å². The summed E-state index contributed by atoms with van der Waals surface area (Å²) in [7, 11) is -19.3. The molecule has 8 rings (SSSR count). The van der Waals surface area contributed by atoms with Crippen LogP contribution in [-0.2, 0) is 125 Å². The quantitative estimate of drug-likeness (QED) is 0.0342. The fraction of sp³-hybridized carbons (Fsp3) is 0.200. The molecule has 418 valence electrons. The van der Waals surface area contributed by atoms with Crippen molar-refractivity contribution in [1.82, 2.24) is 0 Å². The van der Waals surface area contributed by atoms with E-state index in [9.17, 15) is 0 Å². The number of rotatable bonds is 35. The monoisotopic (exact) mass is 1160 g/mol. The largest absolute Gasteiger partial charge is 0.475 e. The van der Waals surface area contributed by atoms with E-state index < -0.39 is 56.7 Å². The van der Waals surface area contributed by atoms with E-state index in [1.807, 2.05) is 48.5 Å². The zero-order valence-electron chi connectivity index (χ0n) is 43.6. The van der Waals surface area contributed by atoms with Crippen LogP contribution in [-0.4, -0.2) is 25.4 Å². The molecule has 0 radical (unpaired) electrons. The fourth-order valence-corrected chi connectivity index (χ4v) is 12.3. The number of hydrogen-bond donors (Lipinski definition) is 0. The van der Waals surface area contributed by atoms with Gasteiger partial charge in [-0.1, -0.05) is 243 Å². The molecule has 8 aromatic rings. The minimum Gasteiger partial charge on any atom is -0.284 e. The van der Waals surface area contributed by atoms with Crippen molar-refractivity contribution in [2.75, 3.05) is 13.2 Å². The number of phosphoric acid groups is 4. The van der Waals surface area contributed by atoms with Crippen molar-refractivity contribution in [3.8, 4) is 0 Å². The van der Waals surface area contributed by atoms with Gasteiger partial charge in [0.25, 0.3) is 0 Å². The van der Waals surface area contributed by atoms with Crippen LogP contribution in [0.3, 0.4) is 0 Å². The second kappa shape index (κ2) is 31.4. The van der Waals surface area contributed by atoms with Crippen LogP contribution in [0.25, 0.3) is 0 Å². The fourth-order valence-electron chi connectivity index (χ4n) is 7.31. The molecular formula is C60H62O16P4. The SMILES string of the molecule is O=P(OCc1ccccc1)(OCc1ccccc1)OC[C@H](OP(=O)(OCc1ccccc1)OCc1ccccc1)[C@@H](COP(=O)(OCc1ccccc1)OCc1ccccc1)OP(=O)(OCc1ccccc1)OCc1ccccc1. The van der Waals surface area contributed by atoms with E-state index in [4.69, 9.17) is 54.3 Å². The Balaban J connectivity index is 1.21. The van der Waals surface area contributed by atoms with Crippen LogP contribution in [0.2, 0.25) is 0 Å². The lowest BCUT2D eigenvalue weighted by molar-refractivity contribution is -0.0564. The highest BCUT2D eigenvalue weighted by molar-refractivity contribution is 7.49. The molecule has 16 nitrogen and oxygen atoms in total. The van der Waals surface area contributed by atoms with Crippen LogP contribution < -0.4 is 0 Å². The molecule has 2 atom stereocenters. The number of hydrogen-bond acceptors (Lipinski definition) is 16. The van der Waals surface area contributed by atoms with Gasteiger partial charge < -0.3 is 0 Å². The van der Waals surface area contributed by atoms with Crippen LogP contribution in [0, 0.1) is 0 Å². The molecule has 0 fully saturated rings. The summed E-state index contributed by atoms with van der Waals surface area (Å²) in [4.78, 5) is 0. The summed E-state index contributed by atoms with van der Waals surface area (Å²) in [5.41, 5.74) is 4.89. The maximum atomic E-state index is 15.5. The maximum Gasteiger partial charge on any atom is 0.475 e. The molecule has 0 saturated carbocycles. The van der Waals surface area contributed by atoms with Crippen molar-refractivity contribution in [1.29, 1.82) is 0 Å². The molecule has 0 bridgehead atoms. The van der Waals surface area contributed by atoms with Crippen LogP contribution in [0.5, 0.6) is 0 Å². The third kappa shape index (κ3) is 20.9. The van der Waals surface area contributed by atoms with Crippen molar-refractivity contribution in [2.45, 2.75) is 65.1 Å². The first-order valence-electron chi connectivity index (χ1n) is 25.5. The second-order valence-electron chi connectivity index (χ2n) is 17.7. The summed E-state index contributed by atoms with van der Waals surface area (Å²) in [6.07, 6.45) is -3.79. The molecule has 0 saturated heterocycles. The van der Waals surface area contributed by atoms with Crippen molar-refractivity contribution in [2.24, 2.45) is 0 Å². The maximum absolute atomic E-state index is 15.5. The van der Waals surface area contributed by atoms with E-state index >= 15 is 18.3 Å². The molecule has 0 N–H and O–H groups in total. The van der Waals surface area contributed by atoms with Gasteiger partial charge >= 0.3 is 31.3 Å². The van der Waals surface area contributed by atoms with Gasteiger partial charge in [0, 0.05) is 0 Å². The molecule has 0 amide bonds. The zero-order chi connectivity index (χ0) is 55.6. The summed E-state index contributed by atoms with van der Waals surface area (Å²) >= 11 is 0. The highest BCUT2D eigenvalue weighted by Crippen LogP contribution is 2.59. The Bertz CT molecular complexity index is 2810. The molecular weight excluding hydrogens is 1100 g/mol. The lowest BCUT2D eigenvalue weighted by atomic mass is 10.2. The van der Waals surface area contributed by atoms with Gasteiger partial charge in [-0.25, -0.2) is 18.3 Å². The normalized spacial score (nSPS) is 12.9. The van der Waals surface area contributed by atoms with Crippen LogP contribution in [0.15, 0.2) is 243 Å². The Morgan fingerprint density at radius 2 is 0.362 bits per heavy atom. The number of benzene rings is 8. The van der Waals surface area contributed by atoms with Gasteiger partial charge in [-0.15, -0.1) is 0 Å². The summed E-state index contributed by atoms with van der Waals surface area (Å²) in [6.45, 7) is -3.95. The summed E-state index contributed by atoms with van der Waals surface area (Å²) in [5.74, 6) is 0. The smallest absolute Gasteiger partial charge is 0.284 e. The Morgan fingerprint density at radius 1 is 0.212 bits per heavy atom. The molecule has 20 heteroatoms. The second-order valence-corrected chi connectivity index (χ2v) is 24.3. The topological polar surface area (TPSA) is 179 Å². The highest BCUT2D eigenvalue weighted by Gasteiger charge is 2.44. The minimum absolute atomic E-state index is 0.239. The van der Waals surface area contributed by atoms with E-state index in [0.29, 0.717) is 44.5 Å². The summed E-state index contributed by atoms with van der Waals surface area (Å²) < 4.78 is 135. The first-order valence-corrected chi connectivity index (χ1v) is 31.4. The predicted octanol–water partition coefficient (Wildman–Crippen LogP) is 16.0. The predicted molar refractivity (Wildman–Crippen MR) is 302 cm³/mol. The molecule has 0 aliphatic heterocycles. The van der Waals surface area contributed by atoms with Crippen molar-refractivity contribution in [3.63, 3.8) is 0 Å². The average Bonchev–Trinajstić information content (AvgIpc) is 3.53. The third-order valence-electron chi connectivity index (χ3n) is 11.6. The average molecular weight is 1160 g/mol. The van der Waals surface area contributed by atoms with Crippen LogP contribution >= 0.6 is 31.3 Å². The molecule has 0 aromatic heterocycles. The van der Waals surface area contributed by atoms with Gasteiger partial charge in [0.05, 0.1) is 66.1 Å². The molecule has 0 unspecified atom stereocenters. The van der Waals surface area contributed by atoms with Gasteiger partial charge in [0.15, 0.2) is 0 Å². The van der Waals surface area contributed by atoms with Gasteiger partial charge in [0.1, 0.15) is 12.2 Å². The lowest BCUT2D eigenvalue weighted by Crippen LogP contribution is -2.38. The van der Waals surface area contributed by atoms with Crippen molar-refractivity contribution >= 4 is 31.3 Å². The van der Waals surface area contributed by atoms with Gasteiger partial charge in [-0.05, 0) is 44.5 Å². The van der Waals surface area contributed by atoms with E-state index in [0.717, 1.165) is 0 Å². The Hall–Kier alpha value is -5.80. The molecule has 0 aliphatic rings. The molecule has 0 spiro atoms. The minimum atomic E-state index is -4.92. The van der Waals surface area contributed by atoms with E-state index in [-0.39, 0.29) is 52.9 Å². The first kappa shape index (κ1) is 60.3. The van der Waals surface area contributed by atoms with Crippen molar-refractivity contribution in [3.05, 3.63) is 287 Å². The zero-order valence-corrected chi connectivity index (χ0v) is 47.2. The van der Waals surface area contributed by atoms with Gasteiger partial charge in [-0.2, -0.15) is 0 Å². The Morgan fingerprint density at radius 3 is 0.525 bits per heavy atom.